The van der Waals surface area contributed by atoms with Gasteiger partial charge in [0.15, 0.2) is 5.89 Å². The lowest BCUT2D eigenvalue weighted by molar-refractivity contribution is -0.128. The minimum atomic E-state index is -0.276. The van der Waals surface area contributed by atoms with Gasteiger partial charge in [-0.2, -0.15) is 5.26 Å². The lowest BCUT2D eigenvalue weighted by atomic mass is 10.2. The van der Waals surface area contributed by atoms with Gasteiger partial charge in [0, 0.05) is 38.0 Å². The van der Waals surface area contributed by atoms with Crippen molar-refractivity contribution < 1.29 is 13.6 Å². The molecule has 1 aliphatic heterocycles. The fourth-order valence-corrected chi connectivity index (χ4v) is 5.88. The van der Waals surface area contributed by atoms with Crippen molar-refractivity contribution in [2.45, 2.75) is 11.9 Å². The van der Waals surface area contributed by atoms with E-state index in [2.05, 4.69) is 21.0 Å². The Labute approximate surface area is 203 Å². The van der Waals surface area contributed by atoms with Gasteiger partial charge in [0.05, 0.1) is 16.0 Å². The zero-order chi connectivity index (χ0) is 23.7. The summed E-state index contributed by atoms with van der Waals surface area (Å²) in [5, 5.41) is 10.00. The number of rotatable bonds is 5. The first-order valence-electron chi connectivity index (χ1n) is 10.6. The molecular weight excluding hydrogens is 475 g/mol. The lowest BCUT2D eigenvalue weighted by Crippen LogP contribution is -2.49. The van der Waals surface area contributed by atoms with Crippen molar-refractivity contribution in [2.24, 2.45) is 0 Å². The highest BCUT2D eigenvalue weighted by Gasteiger charge is 2.26. The lowest BCUT2D eigenvalue weighted by Gasteiger charge is -2.34. The van der Waals surface area contributed by atoms with Crippen molar-refractivity contribution in [1.82, 2.24) is 19.9 Å². The molecule has 0 unspecified atom stereocenters. The molecule has 1 fully saturated rings. The topological polar surface area (TPSA) is 99.2 Å². The molecule has 5 rings (SSSR count). The molecule has 34 heavy (non-hydrogen) atoms. The van der Waals surface area contributed by atoms with Gasteiger partial charge in [-0.3, -0.25) is 4.79 Å². The van der Waals surface area contributed by atoms with Crippen molar-refractivity contribution in [3.8, 4) is 16.5 Å². The Balaban J connectivity index is 1.23. The number of thioether (sulfide) groups is 1. The normalized spacial score (nSPS) is 13.9. The summed E-state index contributed by atoms with van der Waals surface area (Å²) in [4.78, 5) is 30.4. The average molecular weight is 495 g/mol. The molecule has 1 aromatic carbocycles. The van der Waals surface area contributed by atoms with Crippen LogP contribution in [0.1, 0.15) is 11.6 Å². The summed E-state index contributed by atoms with van der Waals surface area (Å²) in [7, 11) is 0. The van der Waals surface area contributed by atoms with Gasteiger partial charge >= 0.3 is 0 Å². The maximum atomic E-state index is 13.3. The standard InChI is InChI=1S/C23H19FN6O2S2/c1-14-28-18(11-25)23(32-14)30-8-6-29(7-9-30)20(31)12-33-22-21-17(26-13-27-22)10-19(34-21)15-2-4-16(24)5-3-15/h2-5,10,13H,6-9,12H2,1H3. The predicted molar refractivity (Wildman–Crippen MR) is 128 cm³/mol. The highest BCUT2D eigenvalue weighted by molar-refractivity contribution is 8.00. The molecule has 11 heteroatoms. The number of oxazole rings is 1. The van der Waals surface area contributed by atoms with Crippen molar-refractivity contribution in [1.29, 1.82) is 5.26 Å². The monoisotopic (exact) mass is 494 g/mol. The first-order valence-corrected chi connectivity index (χ1v) is 12.4. The van der Waals surface area contributed by atoms with Gasteiger partial charge in [-0.15, -0.1) is 11.3 Å². The third-order valence-electron chi connectivity index (χ3n) is 5.48. The number of halogens is 1. The van der Waals surface area contributed by atoms with E-state index in [9.17, 15) is 14.4 Å². The Morgan fingerprint density at radius 3 is 2.74 bits per heavy atom. The number of piperazine rings is 1. The second-order valence-corrected chi connectivity index (χ2v) is 9.68. The number of fused-ring (bicyclic) bond motifs is 1. The van der Waals surface area contributed by atoms with E-state index < -0.39 is 0 Å². The molecule has 0 saturated carbocycles. The van der Waals surface area contributed by atoms with E-state index in [1.807, 2.05) is 15.9 Å². The molecule has 1 saturated heterocycles. The average Bonchev–Trinajstić information content (AvgIpc) is 3.46. The van der Waals surface area contributed by atoms with Crippen LogP contribution in [-0.2, 0) is 4.79 Å². The SMILES string of the molecule is Cc1nc(C#N)c(N2CCN(C(=O)CSc3ncnc4cc(-c5ccc(F)cc5)sc34)CC2)o1. The molecule has 172 valence electrons. The van der Waals surface area contributed by atoms with Gasteiger partial charge in [-0.1, -0.05) is 23.9 Å². The molecule has 8 nitrogen and oxygen atoms in total. The summed E-state index contributed by atoms with van der Waals surface area (Å²) < 4.78 is 19.8. The van der Waals surface area contributed by atoms with Crippen molar-refractivity contribution in [3.05, 3.63) is 54.1 Å². The summed E-state index contributed by atoms with van der Waals surface area (Å²) in [5.41, 5.74) is 1.99. The molecular formula is C23H19FN6O2S2. The van der Waals surface area contributed by atoms with Gasteiger partial charge in [-0.05, 0) is 23.8 Å². The molecule has 0 spiro atoms. The molecule has 4 aromatic rings. The molecule has 0 N–H and O–H groups in total. The molecule has 3 aromatic heterocycles. The fourth-order valence-electron chi connectivity index (χ4n) is 3.78. The molecule has 4 heterocycles. The van der Waals surface area contributed by atoms with E-state index in [4.69, 9.17) is 4.42 Å². The summed E-state index contributed by atoms with van der Waals surface area (Å²) in [6.45, 7) is 3.93. The van der Waals surface area contributed by atoms with Crippen LogP contribution in [0, 0.1) is 24.1 Å². The second kappa shape index (κ2) is 9.40. The third-order valence-corrected chi connectivity index (χ3v) is 7.76. The highest BCUT2D eigenvalue weighted by Crippen LogP contribution is 2.37. The number of hydrogen-bond acceptors (Lipinski definition) is 9. The molecule has 0 atom stereocenters. The van der Waals surface area contributed by atoms with E-state index in [-0.39, 0.29) is 23.2 Å². The minimum Gasteiger partial charge on any atom is -0.424 e. The maximum Gasteiger partial charge on any atom is 0.234 e. The number of nitrogens with zero attached hydrogens (tertiary/aromatic N) is 6. The number of hydrogen-bond donors (Lipinski definition) is 0. The largest absolute Gasteiger partial charge is 0.424 e. The second-order valence-electron chi connectivity index (χ2n) is 7.67. The van der Waals surface area contributed by atoms with Gasteiger partial charge < -0.3 is 14.2 Å². The van der Waals surface area contributed by atoms with Gasteiger partial charge in [-0.25, -0.2) is 19.3 Å². The molecule has 1 aliphatic rings. The number of nitriles is 1. The van der Waals surface area contributed by atoms with Crippen LogP contribution < -0.4 is 4.90 Å². The van der Waals surface area contributed by atoms with Crippen molar-refractivity contribution >= 4 is 45.1 Å². The van der Waals surface area contributed by atoms with Crippen molar-refractivity contribution in [2.75, 3.05) is 36.8 Å². The molecule has 0 radical (unpaired) electrons. The minimum absolute atomic E-state index is 0.0287. The number of anilines is 1. The van der Waals surface area contributed by atoms with Crippen LogP contribution in [0.2, 0.25) is 0 Å². The highest BCUT2D eigenvalue weighted by atomic mass is 32.2. The van der Waals surface area contributed by atoms with Crippen LogP contribution >= 0.6 is 23.1 Å². The Morgan fingerprint density at radius 1 is 1.24 bits per heavy atom. The Bertz CT molecular complexity index is 1390. The Kier molecular flexibility index (Phi) is 6.17. The van der Waals surface area contributed by atoms with Gasteiger partial charge in [0.2, 0.25) is 17.5 Å². The van der Waals surface area contributed by atoms with E-state index >= 15 is 0 Å². The predicted octanol–water partition coefficient (Wildman–Crippen LogP) is 4.11. The fraction of sp³-hybridized carbons (Fsp3) is 0.261. The number of benzene rings is 1. The third kappa shape index (κ3) is 4.47. The number of thiophene rings is 1. The summed E-state index contributed by atoms with van der Waals surface area (Å²) >= 11 is 2.92. The van der Waals surface area contributed by atoms with E-state index in [0.717, 1.165) is 25.7 Å². The van der Waals surface area contributed by atoms with Crippen LogP contribution in [0.15, 0.2) is 46.1 Å². The Morgan fingerprint density at radius 2 is 2.00 bits per heavy atom. The smallest absolute Gasteiger partial charge is 0.234 e. The van der Waals surface area contributed by atoms with Crippen LogP contribution in [0.3, 0.4) is 0 Å². The Hall–Kier alpha value is -3.49. The first kappa shape index (κ1) is 22.3. The zero-order valence-electron chi connectivity index (χ0n) is 18.2. The number of carbonyl (C=O) groups is 1. The number of aromatic nitrogens is 3. The summed E-state index contributed by atoms with van der Waals surface area (Å²) in [6, 6.07) is 10.4. The van der Waals surface area contributed by atoms with Gasteiger partial charge in [0.25, 0.3) is 0 Å². The van der Waals surface area contributed by atoms with Crippen LogP contribution in [0.5, 0.6) is 0 Å². The first-order chi connectivity index (χ1) is 16.5. The molecule has 1 amide bonds. The zero-order valence-corrected chi connectivity index (χ0v) is 19.8. The summed E-state index contributed by atoms with van der Waals surface area (Å²) in [6.07, 6.45) is 1.50. The number of aryl methyl sites for hydroxylation is 1. The van der Waals surface area contributed by atoms with Crippen molar-refractivity contribution in [3.63, 3.8) is 0 Å². The van der Waals surface area contributed by atoms with E-state index in [1.54, 1.807) is 19.1 Å². The molecule has 0 bridgehead atoms. The quantitative estimate of drug-likeness (QED) is 0.302. The van der Waals surface area contributed by atoms with Gasteiger partial charge in [0.1, 0.15) is 23.2 Å². The van der Waals surface area contributed by atoms with E-state index in [0.29, 0.717) is 38.0 Å². The van der Waals surface area contributed by atoms with Crippen LogP contribution in [0.4, 0.5) is 10.3 Å². The van der Waals surface area contributed by atoms with Crippen LogP contribution in [0.25, 0.3) is 20.7 Å². The summed E-state index contributed by atoms with van der Waals surface area (Å²) in [5.74, 6) is 0.941. The maximum absolute atomic E-state index is 13.3. The number of amides is 1. The van der Waals surface area contributed by atoms with E-state index in [1.165, 1.54) is 41.6 Å². The molecule has 0 aliphatic carbocycles. The van der Waals surface area contributed by atoms with Crippen LogP contribution in [-0.4, -0.2) is 57.7 Å². The number of carbonyl (C=O) groups excluding carboxylic acids is 1.